The first-order chi connectivity index (χ1) is 5.42. The number of rotatable bonds is 1. The number of fused-ring (bicyclic) bond motifs is 1. The molecule has 0 fully saturated rings. The van der Waals surface area contributed by atoms with E-state index in [0.29, 0.717) is 5.88 Å². The Morgan fingerprint density at radius 1 is 1.33 bits per heavy atom. The van der Waals surface area contributed by atoms with Gasteiger partial charge in [-0.1, -0.05) is 0 Å². The zero-order valence-corrected chi connectivity index (χ0v) is 8.34. The quantitative estimate of drug-likeness (QED) is 0.704. The van der Waals surface area contributed by atoms with Crippen LogP contribution in [0.15, 0.2) is 0 Å². The van der Waals surface area contributed by atoms with Gasteiger partial charge in [0.05, 0.1) is 11.6 Å². The van der Waals surface area contributed by atoms with Crippen molar-refractivity contribution in [3.63, 3.8) is 0 Å². The van der Waals surface area contributed by atoms with E-state index in [1.807, 2.05) is 0 Å². The van der Waals surface area contributed by atoms with Gasteiger partial charge in [-0.05, 0) is 31.2 Å². The molecule has 1 aromatic rings. The molecule has 0 aliphatic heterocycles. The molecule has 0 atom stereocenters. The van der Waals surface area contributed by atoms with Crippen LogP contribution in [-0.2, 0) is 18.7 Å². The number of halogens is 2. The van der Waals surface area contributed by atoms with Crippen molar-refractivity contribution in [3.05, 3.63) is 17.0 Å². The third-order valence-electron chi connectivity index (χ3n) is 2.27. The third-order valence-corrected chi connectivity index (χ3v) is 2.52. The molecule has 4 heteroatoms. The number of hydrogen-bond acceptors (Lipinski definition) is 1. The molecule has 1 aromatic heterocycles. The van der Waals surface area contributed by atoms with E-state index >= 15 is 0 Å². The highest BCUT2D eigenvalue weighted by Gasteiger charge is 2.15. The van der Waals surface area contributed by atoms with Gasteiger partial charge < -0.3 is 0 Å². The molecule has 0 spiro atoms. The van der Waals surface area contributed by atoms with Crippen LogP contribution in [-0.4, -0.2) is 10.2 Å². The molecule has 0 saturated carbocycles. The second-order valence-electron chi connectivity index (χ2n) is 2.97. The fraction of sp³-hybridized carbons (Fsp3) is 0.625. The summed E-state index contributed by atoms with van der Waals surface area (Å²) in [5.41, 5.74) is 3.75. The monoisotopic (exact) mass is 206 g/mol. The molecule has 0 aromatic carbocycles. The second-order valence-corrected chi connectivity index (χ2v) is 3.24. The van der Waals surface area contributed by atoms with E-state index < -0.39 is 0 Å². The first-order valence-electron chi connectivity index (χ1n) is 4.03. The van der Waals surface area contributed by atoms with E-state index in [9.17, 15) is 0 Å². The van der Waals surface area contributed by atoms with Gasteiger partial charge in [-0.25, -0.2) is 0 Å². The van der Waals surface area contributed by atoms with E-state index in [4.69, 9.17) is 11.6 Å². The predicted molar refractivity (Wildman–Crippen MR) is 52.0 cm³/mol. The molecule has 1 aliphatic rings. The molecular formula is C8H12Cl2N2. The van der Waals surface area contributed by atoms with Gasteiger partial charge in [0.25, 0.3) is 0 Å². The number of nitrogens with zero attached hydrogens (tertiary/aromatic N) is 1. The van der Waals surface area contributed by atoms with Crippen LogP contribution in [0, 0.1) is 0 Å². The number of aromatic amines is 1. The molecule has 2 nitrogen and oxygen atoms in total. The van der Waals surface area contributed by atoms with Crippen LogP contribution < -0.4 is 0 Å². The summed E-state index contributed by atoms with van der Waals surface area (Å²) in [6.45, 7) is 0. The lowest BCUT2D eigenvalue weighted by Crippen LogP contribution is -2.01. The van der Waals surface area contributed by atoms with Crippen LogP contribution in [0.3, 0.4) is 0 Å². The molecule has 2 rings (SSSR count). The van der Waals surface area contributed by atoms with Crippen LogP contribution >= 0.6 is 24.0 Å². The van der Waals surface area contributed by atoms with Gasteiger partial charge in [0.1, 0.15) is 0 Å². The summed E-state index contributed by atoms with van der Waals surface area (Å²) in [7, 11) is 0. The van der Waals surface area contributed by atoms with E-state index in [1.165, 1.54) is 24.1 Å². The molecule has 0 unspecified atom stereocenters. The molecule has 0 bridgehead atoms. The fourth-order valence-corrected chi connectivity index (χ4v) is 1.88. The van der Waals surface area contributed by atoms with Crippen LogP contribution in [0.4, 0.5) is 0 Å². The smallest absolute Gasteiger partial charge is 0.0804 e. The van der Waals surface area contributed by atoms with Crippen LogP contribution in [0.2, 0.25) is 0 Å². The molecule has 0 saturated heterocycles. The van der Waals surface area contributed by atoms with E-state index in [0.717, 1.165) is 18.5 Å². The topological polar surface area (TPSA) is 28.7 Å². The van der Waals surface area contributed by atoms with Gasteiger partial charge in [-0.15, -0.1) is 24.0 Å². The standard InChI is InChI=1S/C8H11ClN2.ClH/c9-5-8-6-3-1-2-4-7(6)10-11-8;/h1-5H2,(H,10,11);1H. The van der Waals surface area contributed by atoms with Crippen LogP contribution in [0.1, 0.15) is 29.8 Å². The lowest BCUT2D eigenvalue weighted by atomic mass is 9.96. The Morgan fingerprint density at radius 3 is 2.83 bits per heavy atom. The zero-order chi connectivity index (χ0) is 7.68. The number of aromatic nitrogens is 2. The Bertz CT molecular complexity index is 244. The highest BCUT2D eigenvalue weighted by Crippen LogP contribution is 2.22. The molecule has 0 amide bonds. The van der Waals surface area contributed by atoms with Crippen molar-refractivity contribution in [3.8, 4) is 0 Å². The Balaban J connectivity index is 0.000000720. The summed E-state index contributed by atoms with van der Waals surface area (Å²) in [5.74, 6) is 0.547. The number of nitrogens with one attached hydrogen (secondary N) is 1. The molecule has 1 N–H and O–H groups in total. The first-order valence-corrected chi connectivity index (χ1v) is 4.56. The highest BCUT2D eigenvalue weighted by atomic mass is 35.5. The van der Waals surface area contributed by atoms with E-state index in [2.05, 4.69) is 10.2 Å². The second kappa shape index (κ2) is 4.15. The lowest BCUT2D eigenvalue weighted by Gasteiger charge is -2.09. The minimum Gasteiger partial charge on any atom is -0.282 e. The summed E-state index contributed by atoms with van der Waals surface area (Å²) >= 11 is 5.72. The van der Waals surface area contributed by atoms with Gasteiger partial charge in [-0.3, -0.25) is 5.10 Å². The molecule has 1 aliphatic carbocycles. The van der Waals surface area contributed by atoms with Crippen molar-refractivity contribution >= 4 is 24.0 Å². The summed E-state index contributed by atoms with van der Waals surface area (Å²) in [6, 6.07) is 0. The minimum absolute atomic E-state index is 0. The van der Waals surface area contributed by atoms with E-state index in [-0.39, 0.29) is 12.4 Å². The van der Waals surface area contributed by atoms with Crippen molar-refractivity contribution < 1.29 is 0 Å². The molecule has 0 radical (unpaired) electrons. The van der Waals surface area contributed by atoms with Crippen LogP contribution in [0.5, 0.6) is 0 Å². The predicted octanol–water partition coefficient (Wildman–Crippen LogP) is 2.45. The maximum absolute atomic E-state index is 5.72. The summed E-state index contributed by atoms with van der Waals surface area (Å²) in [6.07, 6.45) is 4.89. The average molecular weight is 207 g/mol. The SMILES string of the molecule is Cl.ClCc1n[nH]c2c1CCCC2. The summed E-state index contributed by atoms with van der Waals surface area (Å²) < 4.78 is 0. The summed E-state index contributed by atoms with van der Waals surface area (Å²) in [4.78, 5) is 0. The Hall–Kier alpha value is -0.210. The Labute approximate surface area is 83.1 Å². The average Bonchev–Trinajstić information content (AvgIpc) is 2.47. The van der Waals surface area contributed by atoms with Crippen molar-refractivity contribution in [1.29, 1.82) is 0 Å². The zero-order valence-electron chi connectivity index (χ0n) is 6.77. The number of alkyl halides is 1. The molecule has 68 valence electrons. The van der Waals surface area contributed by atoms with Gasteiger partial charge in [0, 0.05) is 5.69 Å². The van der Waals surface area contributed by atoms with Crippen LogP contribution in [0.25, 0.3) is 0 Å². The van der Waals surface area contributed by atoms with Crippen molar-refractivity contribution in [2.45, 2.75) is 31.6 Å². The first kappa shape index (κ1) is 9.87. The van der Waals surface area contributed by atoms with E-state index in [1.54, 1.807) is 0 Å². The summed E-state index contributed by atoms with van der Waals surface area (Å²) in [5, 5.41) is 7.20. The van der Waals surface area contributed by atoms with Gasteiger partial charge in [0.2, 0.25) is 0 Å². The number of aryl methyl sites for hydroxylation is 1. The van der Waals surface area contributed by atoms with Gasteiger partial charge in [-0.2, -0.15) is 5.10 Å². The minimum atomic E-state index is 0. The highest BCUT2D eigenvalue weighted by molar-refractivity contribution is 6.17. The van der Waals surface area contributed by atoms with Gasteiger partial charge >= 0.3 is 0 Å². The Kier molecular flexibility index (Phi) is 3.41. The van der Waals surface area contributed by atoms with Crippen molar-refractivity contribution in [2.24, 2.45) is 0 Å². The third kappa shape index (κ3) is 1.59. The molecule has 1 heterocycles. The fourth-order valence-electron chi connectivity index (χ4n) is 1.66. The van der Waals surface area contributed by atoms with Gasteiger partial charge in [0.15, 0.2) is 0 Å². The van der Waals surface area contributed by atoms with Crippen molar-refractivity contribution in [1.82, 2.24) is 10.2 Å². The lowest BCUT2D eigenvalue weighted by molar-refractivity contribution is 0.673. The molecular weight excluding hydrogens is 195 g/mol. The van der Waals surface area contributed by atoms with Crippen molar-refractivity contribution in [2.75, 3.05) is 0 Å². The number of hydrogen-bond donors (Lipinski definition) is 1. The normalized spacial score (nSPS) is 15.1. The largest absolute Gasteiger partial charge is 0.282 e. The Morgan fingerprint density at radius 2 is 2.08 bits per heavy atom. The molecule has 12 heavy (non-hydrogen) atoms. The number of H-pyrrole nitrogens is 1. The maximum Gasteiger partial charge on any atom is 0.0804 e. The maximum atomic E-state index is 5.72.